The van der Waals surface area contributed by atoms with Gasteiger partial charge in [-0.3, -0.25) is 23.7 Å². The van der Waals surface area contributed by atoms with E-state index in [0.717, 1.165) is 35.1 Å². The summed E-state index contributed by atoms with van der Waals surface area (Å²) in [6, 6.07) is 30.1. The minimum Gasteiger partial charge on any atom is -0.497 e. The summed E-state index contributed by atoms with van der Waals surface area (Å²) in [6.07, 6.45) is -2.06. The lowest BCUT2D eigenvalue weighted by atomic mass is 10.2. The molecule has 25 heteroatoms. The van der Waals surface area contributed by atoms with Crippen molar-refractivity contribution >= 4 is 55.1 Å². The highest BCUT2D eigenvalue weighted by Crippen LogP contribution is 2.35. The molecule has 0 aliphatic carbocycles. The highest BCUT2D eigenvalue weighted by molar-refractivity contribution is 9.10. The smallest absolute Gasteiger partial charge is 0.437 e. The number of hydrogen-bond acceptors (Lipinski definition) is 14. The summed E-state index contributed by atoms with van der Waals surface area (Å²) in [5, 5.41) is 27.1. The third kappa shape index (κ3) is 15.3. The Morgan fingerprint density at radius 2 is 1.12 bits per heavy atom. The molecule has 0 atom stereocenters. The number of ether oxygens (including phenoxy) is 4. The van der Waals surface area contributed by atoms with Crippen molar-refractivity contribution in [3.63, 3.8) is 0 Å². The summed E-state index contributed by atoms with van der Waals surface area (Å²) in [4.78, 5) is 58.7. The van der Waals surface area contributed by atoms with E-state index < -0.39 is 28.7 Å². The van der Waals surface area contributed by atoms with Crippen LogP contribution >= 0.6 is 55.1 Å². The van der Waals surface area contributed by atoms with E-state index in [1.165, 1.54) is 50.6 Å². The molecule has 18 nitrogen and oxygen atoms in total. The highest BCUT2D eigenvalue weighted by atomic mass is 79.9. The molecule has 0 radical (unpaired) electrons. The number of methoxy groups -OCH3 is 2. The maximum Gasteiger partial charge on any atom is 0.437 e. The zero-order valence-electron chi connectivity index (χ0n) is 40.2. The molecule has 76 heavy (non-hydrogen) atoms. The van der Waals surface area contributed by atoms with E-state index in [9.17, 15) is 32.3 Å². The summed E-state index contributed by atoms with van der Waals surface area (Å²) in [6.45, 7) is 4.39. The van der Waals surface area contributed by atoms with Crippen LogP contribution in [0.4, 0.5) is 13.2 Å². The molecule has 0 aliphatic heterocycles. The number of aromatic amines is 1. The molecule has 8 rings (SSSR count). The van der Waals surface area contributed by atoms with Gasteiger partial charge in [0.15, 0.2) is 5.69 Å². The van der Waals surface area contributed by atoms with E-state index in [4.69, 9.17) is 52.7 Å². The largest absolute Gasteiger partial charge is 0.497 e. The van der Waals surface area contributed by atoms with Gasteiger partial charge in [-0.2, -0.15) is 33.9 Å². The summed E-state index contributed by atoms with van der Waals surface area (Å²) >= 11 is 18.3. The molecular weight excluding hydrogens is 1170 g/mol. The van der Waals surface area contributed by atoms with Crippen molar-refractivity contribution in [3.05, 3.63) is 215 Å². The maximum absolute atomic E-state index is 13.2. The van der Waals surface area contributed by atoms with Gasteiger partial charge >= 0.3 is 6.18 Å². The van der Waals surface area contributed by atoms with Crippen LogP contribution in [0.5, 0.6) is 34.5 Å². The van der Waals surface area contributed by atoms with E-state index in [2.05, 4.69) is 52.0 Å². The third-order valence-corrected chi connectivity index (χ3v) is 11.9. The van der Waals surface area contributed by atoms with Gasteiger partial charge in [0.2, 0.25) is 11.5 Å². The fourth-order valence-corrected chi connectivity index (χ4v) is 8.03. The van der Waals surface area contributed by atoms with Crippen molar-refractivity contribution < 1.29 is 32.1 Å². The third-order valence-electron chi connectivity index (χ3n) is 10.3. The Labute approximate surface area is 456 Å². The lowest BCUT2D eigenvalue weighted by Crippen LogP contribution is -2.28. The van der Waals surface area contributed by atoms with Crippen LogP contribution in [0.15, 0.2) is 138 Å². The number of nitrogens with one attached hydrogen (secondary N) is 1. The molecule has 0 fully saturated rings. The molecule has 0 aliphatic rings. The fraction of sp³-hybridized carbons (Fsp3) is 0.176. The van der Waals surface area contributed by atoms with Crippen LogP contribution < -0.4 is 41.2 Å². The monoisotopic (exact) mass is 1200 g/mol. The number of alkyl halides is 3. The van der Waals surface area contributed by atoms with E-state index >= 15 is 0 Å². The van der Waals surface area contributed by atoms with Gasteiger partial charge in [0.05, 0.1) is 95.8 Å². The van der Waals surface area contributed by atoms with Crippen LogP contribution in [0.3, 0.4) is 0 Å². The van der Waals surface area contributed by atoms with E-state index in [0.29, 0.717) is 49.5 Å². The topological polar surface area (TPSA) is 235 Å². The van der Waals surface area contributed by atoms with Crippen molar-refractivity contribution in [3.8, 4) is 46.6 Å². The van der Waals surface area contributed by atoms with Gasteiger partial charge in [-0.15, -0.1) is 0 Å². The average molecular weight is 1210 g/mol. The van der Waals surface area contributed by atoms with Crippen LogP contribution in [0.2, 0.25) is 10.0 Å². The second-order valence-corrected chi connectivity index (χ2v) is 18.3. The van der Waals surface area contributed by atoms with Crippen LogP contribution in [-0.4, -0.2) is 53.3 Å². The molecule has 0 bridgehead atoms. The maximum atomic E-state index is 13.2. The number of nitrogens with zero attached hydrogens (tertiary/aromatic N) is 9. The molecule has 390 valence electrons. The molecule has 8 aromatic rings. The lowest BCUT2D eigenvalue weighted by molar-refractivity contribution is -0.142. The summed E-state index contributed by atoms with van der Waals surface area (Å²) in [5.41, 5.74) is 0.520. The van der Waals surface area contributed by atoms with Gasteiger partial charge in [-0.25, -0.2) is 19.3 Å². The number of hydrogen-bond donors (Lipinski definition) is 1. The number of rotatable bonds is 13. The minimum absolute atomic E-state index is 0.00530. The fourth-order valence-electron chi connectivity index (χ4n) is 6.64. The van der Waals surface area contributed by atoms with Gasteiger partial charge < -0.3 is 23.9 Å². The van der Waals surface area contributed by atoms with Crippen molar-refractivity contribution in [2.75, 3.05) is 14.2 Å². The van der Waals surface area contributed by atoms with Crippen LogP contribution in [-0.2, 0) is 32.2 Å². The molecular formula is C51H39Br2Cl2F3N10O8. The predicted molar refractivity (Wildman–Crippen MR) is 281 cm³/mol. The Bertz CT molecular complexity index is 3730. The zero-order valence-corrected chi connectivity index (χ0v) is 44.8. The standard InChI is InChI=1S/C25H19BrClN5O4.C14H15BrN2O2.C12H5ClF3N3O2/c1-15-23(36-21-8-17(11-28)7-18(27)9-21)25(34)31(14-29-15)13-19-10-22(26)24(33)32(30-19)12-16-3-5-20(35-2)6-4-16;1-3-11-8-13(15)14(18)17(16-11)9-10-4-6-12(19-2)7-5-10;13-7-1-6(4-17)2-8(3-7)21-9-10(12(14,15)16)18-5-19-11(9)20/h3-10,14H,12-13H2,1-2H3;4-8H,3,9H2,1-2H3;1-3,5H,(H,18,19,20). The molecule has 4 aromatic carbocycles. The van der Waals surface area contributed by atoms with Crippen LogP contribution in [0.1, 0.15) is 52.0 Å². The first-order valence-electron chi connectivity index (χ1n) is 22.0. The molecule has 4 heterocycles. The SMILES string of the molecule is CCc1cc(Br)c(=O)n(Cc2ccc(OC)cc2)n1.COc1ccc(Cn2nc(Cn3cnc(C)c(Oc4cc(Cl)cc(C#N)c4)c3=O)cc(Br)c2=O)cc1.N#Cc1cc(Cl)cc(Oc2c(C(F)(F)F)nc[nH]c2=O)c1. The Morgan fingerprint density at radius 3 is 1.58 bits per heavy atom. The quantitative estimate of drug-likeness (QED) is 0.113. The van der Waals surface area contributed by atoms with Crippen molar-refractivity contribution in [2.45, 2.75) is 46.1 Å². The van der Waals surface area contributed by atoms with Gasteiger partial charge in [-0.1, -0.05) is 54.4 Å². The van der Waals surface area contributed by atoms with Crippen molar-refractivity contribution in [1.82, 2.24) is 39.1 Å². The van der Waals surface area contributed by atoms with Gasteiger partial charge in [0.25, 0.3) is 22.2 Å². The first-order valence-corrected chi connectivity index (χ1v) is 24.3. The Hall–Kier alpha value is -8.09. The van der Waals surface area contributed by atoms with E-state index in [1.54, 1.807) is 51.5 Å². The van der Waals surface area contributed by atoms with Crippen molar-refractivity contribution in [1.29, 1.82) is 10.5 Å². The first kappa shape index (κ1) is 57.2. The number of halogens is 7. The lowest BCUT2D eigenvalue weighted by Gasteiger charge is -2.13. The number of aromatic nitrogens is 8. The molecule has 4 aromatic heterocycles. The van der Waals surface area contributed by atoms with E-state index in [1.807, 2.05) is 54.4 Å². The number of H-pyrrole nitrogens is 1. The Morgan fingerprint density at radius 1 is 0.645 bits per heavy atom. The average Bonchev–Trinajstić information content (AvgIpc) is 3.39. The summed E-state index contributed by atoms with van der Waals surface area (Å²) < 4.78 is 64.3. The predicted octanol–water partition coefficient (Wildman–Crippen LogP) is 10.0. The summed E-state index contributed by atoms with van der Waals surface area (Å²) in [5.74, 6) is 0.550. The first-order chi connectivity index (χ1) is 36.2. The van der Waals surface area contributed by atoms with Gasteiger partial charge in [0, 0.05) is 10.0 Å². The summed E-state index contributed by atoms with van der Waals surface area (Å²) in [7, 11) is 3.21. The molecule has 0 saturated carbocycles. The zero-order chi connectivity index (χ0) is 55.3. The minimum atomic E-state index is -4.86. The molecule has 0 spiro atoms. The molecule has 0 amide bonds. The van der Waals surface area contributed by atoms with Gasteiger partial charge in [0.1, 0.15) is 23.0 Å². The van der Waals surface area contributed by atoms with Gasteiger partial charge in [-0.05, 0) is 129 Å². The molecule has 0 unspecified atom stereocenters. The normalized spacial score (nSPS) is 10.7. The number of nitriles is 2. The van der Waals surface area contributed by atoms with E-state index in [-0.39, 0.29) is 52.0 Å². The number of benzene rings is 4. The molecule has 0 saturated heterocycles. The second-order valence-electron chi connectivity index (χ2n) is 15.7. The van der Waals surface area contributed by atoms with Crippen LogP contribution in [0, 0.1) is 29.6 Å². The second kappa shape index (κ2) is 25.9. The number of aryl methyl sites for hydroxylation is 2. The van der Waals surface area contributed by atoms with Crippen LogP contribution in [0.25, 0.3) is 0 Å². The highest BCUT2D eigenvalue weighted by Gasteiger charge is 2.38. The Balaban J connectivity index is 0.000000200. The Kier molecular flexibility index (Phi) is 19.5. The van der Waals surface area contributed by atoms with Crippen molar-refractivity contribution in [2.24, 2.45) is 0 Å². The molecule has 1 N–H and O–H groups in total.